The van der Waals surface area contributed by atoms with Crippen molar-refractivity contribution in [3.05, 3.63) is 0 Å². The van der Waals surface area contributed by atoms with Crippen molar-refractivity contribution < 1.29 is 80.2 Å². The Morgan fingerprint density at radius 3 is 0.697 bits per heavy atom. The van der Waals surface area contributed by atoms with Gasteiger partial charge in [-0.05, 0) is 49.4 Å². The number of esters is 4. The summed E-state index contributed by atoms with van der Waals surface area (Å²) in [5, 5.41) is 10.6. The van der Waals surface area contributed by atoms with Crippen LogP contribution in [0, 0.1) is 23.7 Å². The molecule has 17 nitrogen and oxygen atoms in total. The number of aliphatic hydroxyl groups excluding tert-OH is 1. The minimum atomic E-state index is -4.95. The molecule has 0 aliphatic rings. The molecule has 3 unspecified atom stereocenters. The summed E-state index contributed by atoms with van der Waals surface area (Å²) in [4.78, 5) is 72.5. The highest BCUT2D eigenvalue weighted by Gasteiger charge is 2.30. The zero-order valence-corrected chi connectivity index (χ0v) is 59.8. The van der Waals surface area contributed by atoms with Gasteiger partial charge in [0.15, 0.2) is 12.2 Å². The third-order valence-electron chi connectivity index (χ3n) is 16.1. The lowest BCUT2D eigenvalue weighted by atomic mass is 10.0. The van der Waals surface area contributed by atoms with E-state index in [9.17, 15) is 43.2 Å². The van der Waals surface area contributed by atoms with Gasteiger partial charge in [-0.25, -0.2) is 9.13 Å². The van der Waals surface area contributed by atoms with Crippen molar-refractivity contribution in [1.82, 2.24) is 0 Å². The molecular weight excluding hydrogens is 1170 g/mol. The number of carbonyl (C=O) groups excluding carboxylic acids is 4. The fourth-order valence-corrected chi connectivity index (χ4v) is 12.1. The van der Waals surface area contributed by atoms with Crippen LogP contribution in [0.2, 0.25) is 0 Å². The summed E-state index contributed by atoms with van der Waals surface area (Å²) in [7, 11) is -9.90. The molecule has 0 heterocycles. The molecule has 528 valence electrons. The minimum Gasteiger partial charge on any atom is -0.462 e. The third-order valence-corrected chi connectivity index (χ3v) is 18.0. The molecule has 19 heteroatoms. The number of aliphatic hydroxyl groups is 1. The molecule has 0 radical (unpaired) electrons. The molecule has 0 aliphatic heterocycles. The molecule has 0 aromatic rings. The van der Waals surface area contributed by atoms with Gasteiger partial charge in [0, 0.05) is 25.7 Å². The van der Waals surface area contributed by atoms with Crippen LogP contribution in [0.3, 0.4) is 0 Å². The molecule has 0 aromatic carbocycles. The Labute approximate surface area is 543 Å². The van der Waals surface area contributed by atoms with E-state index in [1.807, 2.05) is 0 Å². The summed E-state index contributed by atoms with van der Waals surface area (Å²) in [5.74, 6) is 0.794. The molecule has 89 heavy (non-hydrogen) atoms. The maximum Gasteiger partial charge on any atom is 0.472 e. The van der Waals surface area contributed by atoms with E-state index in [0.717, 1.165) is 108 Å². The van der Waals surface area contributed by atoms with E-state index >= 15 is 0 Å². The number of hydrogen-bond acceptors (Lipinski definition) is 15. The largest absolute Gasteiger partial charge is 0.472 e. The van der Waals surface area contributed by atoms with Crippen molar-refractivity contribution in [1.29, 1.82) is 0 Å². The van der Waals surface area contributed by atoms with Crippen molar-refractivity contribution in [2.24, 2.45) is 23.7 Å². The number of unbranched alkanes of at least 4 members (excludes halogenated alkanes) is 33. The first-order valence-electron chi connectivity index (χ1n) is 36.2. The first-order valence-corrected chi connectivity index (χ1v) is 39.2. The van der Waals surface area contributed by atoms with Gasteiger partial charge >= 0.3 is 39.5 Å². The van der Waals surface area contributed by atoms with Crippen molar-refractivity contribution in [3.8, 4) is 0 Å². The lowest BCUT2D eigenvalue weighted by molar-refractivity contribution is -0.161. The zero-order chi connectivity index (χ0) is 66.1. The Morgan fingerprint density at radius 1 is 0.281 bits per heavy atom. The topological polar surface area (TPSA) is 237 Å². The van der Waals surface area contributed by atoms with Crippen LogP contribution in [0.4, 0.5) is 0 Å². The summed E-state index contributed by atoms with van der Waals surface area (Å²) in [6.07, 6.45) is 42.0. The summed E-state index contributed by atoms with van der Waals surface area (Å²) in [6, 6.07) is 0. The molecule has 3 N–H and O–H groups in total. The van der Waals surface area contributed by atoms with Crippen LogP contribution in [0.5, 0.6) is 0 Å². The zero-order valence-electron chi connectivity index (χ0n) is 58.1. The van der Waals surface area contributed by atoms with Gasteiger partial charge in [-0.2, -0.15) is 0 Å². The highest BCUT2D eigenvalue weighted by molar-refractivity contribution is 7.47. The van der Waals surface area contributed by atoms with Crippen LogP contribution < -0.4 is 0 Å². The summed E-state index contributed by atoms with van der Waals surface area (Å²) in [5.41, 5.74) is 0. The maximum absolute atomic E-state index is 13.0. The maximum atomic E-state index is 13.0. The van der Waals surface area contributed by atoms with E-state index < -0.39 is 97.5 Å². The van der Waals surface area contributed by atoms with E-state index in [-0.39, 0.29) is 25.7 Å². The standard InChI is InChI=1S/C70H136O17P2/c1-60(2)46-38-30-22-17-13-11-9-10-12-14-20-26-36-44-52-69(74)86-65(56-80-67(72)50-42-34-25-19-16-15-18-23-31-39-47-61(3)4)58-84-88(76,77)82-54-64(71)55-83-89(78,79)85-59-66(87-70(75)53-45-37-29-28-33-41-49-63(7)8)57-81-68(73)51-43-35-27-21-24-32-40-48-62(5)6/h60-66,71H,9-59H2,1-8H3,(H,76,77)(H,78,79)/t64?,65-,66-/m1/s1. The van der Waals surface area contributed by atoms with Gasteiger partial charge in [0.1, 0.15) is 19.3 Å². The number of hydrogen-bond donors (Lipinski definition) is 3. The van der Waals surface area contributed by atoms with E-state index in [2.05, 4.69) is 55.4 Å². The summed E-state index contributed by atoms with van der Waals surface area (Å²) >= 11 is 0. The second kappa shape index (κ2) is 59.8. The SMILES string of the molecule is CC(C)CCCCCCCCCCCCCCCCC(=O)O[C@H](COC(=O)CCCCCCCCCCCCC(C)C)COP(=O)(O)OCC(O)COP(=O)(O)OC[C@@H](COC(=O)CCCCCCCCCC(C)C)OC(=O)CCCCCCCCC(C)C. The van der Waals surface area contributed by atoms with Gasteiger partial charge in [0.05, 0.1) is 26.4 Å². The van der Waals surface area contributed by atoms with Crippen LogP contribution in [0.1, 0.15) is 344 Å². The van der Waals surface area contributed by atoms with Gasteiger partial charge in [0.2, 0.25) is 0 Å². The fraction of sp³-hybridized carbons (Fsp3) is 0.943. The predicted molar refractivity (Wildman–Crippen MR) is 358 cm³/mol. The van der Waals surface area contributed by atoms with Crippen LogP contribution in [-0.4, -0.2) is 96.7 Å². The van der Waals surface area contributed by atoms with Crippen LogP contribution in [0.15, 0.2) is 0 Å². The average Bonchev–Trinajstić information content (AvgIpc) is 3.65. The Hall–Kier alpha value is -1.94. The third kappa shape index (κ3) is 64.6. The lowest BCUT2D eigenvalue weighted by Crippen LogP contribution is -2.30. The van der Waals surface area contributed by atoms with Gasteiger partial charge < -0.3 is 33.8 Å². The van der Waals surface area contributed by atoms with E-state index in [4.69, 9.17) is 37.0 Å². The van der Waals surface area contributed by atoms with Crippen molar-refractivity contribution in [3.63, 3.8) is 0 Å². The lowest BCUT2D eigenvalue weighted by Gasteiger charge is -2.21. The highest BCUT2D eigenvalue weighted by Crippen LogP contribution is 2.45. The minimum absolute atomic E-state index is 0.101. The second-order valence-corrected chi connectivity index (χ2v) is 30.1. The van der Waals surface area contributed by atoms with E-state index in [1.165, 1.54) is 141 Å². The summed E-state index contributed by atoms with van der Waals surface area (Å²) in [6.45, 7) is 14.0. The first-order chi connectivity index (χ1) is 42.6. The molecule has 0 amide bonds. The van der Waals surface area contributed by atoms with Crippen LogP contribution in [-0.2, 0) is 65.4 Å². The fourth-order valence-electron chi connectivity index (χ4n) is 10.5. The van der Waals surface area contributed by atoms with Gasteiger partial charge in [0.25, 0.3) is 0 Å². The molecular formula is C70H136O17P2. The molecule has 0 rings (SSSR count). The second-order valence-electron chi connectivity index (χ2n) is 27.2. The van der Waals surface area contributed by atoms with Crippen LogP contribution in [0.25, 0.3) is 0 Å². The van der Waals surface area contributed by atoms with E-state index in [1.54, 1.807) is 0 Å². The Kier molecular flexibility index (Phi) is 58.5. The van der Waals surface area contributed by atoms with Gasteiger partial charge in [-0.3, -0.25) is 37.3 Å². The van der Waals surface area contributed by atoms with Crippen molar-refractivity contribution in [2.45, 2.75) is 363 Å². The molecule has 0 saturated heterocycles. The quantitative estimate of drug-likeness (QED) is 0.0222. The van der Waals surface area contributed by atoms with Crippen LogP contribution >= 0.6 is 15.6 Å². The molecule has 0 spiro atoms. The number of phosphoric ester groups is 2. The summed E-state index contributed by atoms with van der Waals surface area (Å²) < 4.78 is 68.2. The number of ether oxygens (including phenoxy) is 4. The van der Waals surface area contributed by atoms with E-state index in [0.29, 0.717) is 37.5 Å². The molecule has 0 saturated carbocycles. The Bertz CT molecular complexity index is 1760. The molecule has 0 fully saturated rings. The van der Waals surface area contributed by atoms with Crippen molar-refractivity contribution >= 4 is 39.5 Å². The highest BCUT2D eigenvalue weighted by atomic mass is 31.2. The molecule has 5 atom stereocenters. The molecule has 0 aromatic heterocycles. The molecule has 0 aliphatic carbocycles. The number of carbonyl (C=O) groups is 4. The normalized spacial score (nSPS) is 14.3. The first kappa shape index (κ1) is 87.1. The number of phosphoric acid groups is 2. The monoisotopic (exact) mass is 1310 g/mol. The Morgan fingerprint density at radius 2 is 0.472 bits per heavy atom. The molecule has 0 bridgehead atoms. The van der Waals surface area contributed by atoms with Gasteiger partial charge in [-0.1, -0.05) is 293 Å². The van der Waals surface area contributed by atoms with Crippen molar-refractivity contribution in [2.75, 3.05) is 39.6 Å². The smallest absolute Gasteiger partial charge is 0.462 e. The van der Waals surface area contributed by atoms with Gasteiger partial charge in [-0.15, -0.1) is 0 Å². The average molecular weight is 1310 g/mol. The number of rotatable bonds is 67. The Balaban J connectivity index is 5.23. The predicted octanol–water partition coefficient (Wildman–Crippen LogP) is 19.7.